The Labute approximate surface area is 102 Å². The van der Waals surface area contributed by atoms with Crippen molar-refractivity contribution >= 4 is 0 Å². The SMILES string of the molecule is COc1cccc(F)c1C(C)NCCC1CC1. The van der Waals surface area contributed by atoms with Crippen molar-refractivity contribution in [2.24, 2.45) is 5.92 Å². The summed E-state index contributed by atoms with van der Waals surface area (Å²) in [7, 11) is 1.58. The number of ether oxygens (including phenoxy) is 1. The zero-order chi connectivity index (χ0) is 12.3. The third-order valence-corrected chi connectivity index (χ3v) is 3.37. The summed E-state index contributed by atoms with van der Waals surface area (Å²) in [5, 5.41) is 3.37. The maximum atomic E-state index is 13.8. The van der Waals surface area contributed by atoms with E-state index in [4.69, 9.17) is 4.74 Å². The number of halogens is 1. The maximum Gasteiger partial charge on any atom is 0.131 e. The molecule has 1 saturated carbocycles. The van der Waals surface area contributed by atoms with E-state index in [0.29, 0.717) is 11.3 Å². The minimum atomic E-state index is -0.198. The third kappa shape index (κ3) is 3.19. The molecule has 3 heteroatoms. The minimum Gasteiger partial charge on any atom is -0.496 e. The second kappa shape index (κ2) is 5.50. The highest BCUT2D eigenvalue weighted by molar-refractivity contribution is 5.36. The first-order valence-electron chi connectivity index (χ1n) is 6.28. The van der Waals surface area contributed by atoms with E-state index in [0.717, 1.165) is 12.5 Å². The fourth-order valence-electron chi connectivity index (χ4n) is 2.13. The fraction of sp³-hybridized carbons (Fsp3) is 0.571. The summed E-state index contributed by atoms with van der Waals surface area (Å²) in [6.45, 7) is 2.93. The van der Waals surface area contributed by atoms with Crippen molar-refractivity contribution in [3.8, 4) is 5.75 Å². The van der Waals surface area contributed by atoms with Crippen LogP contribution in [0.2, 0.25) is 0 Å². The summed E-state index contributed by atoms with van der Waals surface area (Å²) in [6, 6.07) is 4.95. The molecule has 1 aromatic rings. The Morgan fingerprint density at radius 1 is 1.47 bits per heavy atom. The molecule has 0 spiro atoms. The van der Waals surface area contributed by atoms with Crippen molar-refractivity contribution in [3.05, 3.63) is 29.6 Å². The van der Waals surface area contributed by atoms with Gasteiger partial charge >= 0.3 is 0 Å². The monoisotopic (exact) mass is 237 g/mol. The van der Waals surface area contributed by atoms with Crippen molar-refractivity contribution in [1.82, 2.24) is 5.32 Å². The number of nitrogens with one attached hydrogen (secondary N) is 1. The number of rotatable bonds is 6. The average molecular weight is 237 g/mol. The number of hydrogen-bond donors (Lipinski definition) is 1. The van der Waals surface area contributed by atoms with E-state index >= 15 is 0 Å². The van der Waals surface area contributed by atoms with E-state index in [1.807, 2.05) is 6.92 Å². The molecule has 0 radical (unpaired) electrons. The summed E-state index contributed by atoms with van der Waals surface area (Å²) in [6.07, 6.45) is 3.92. The smallest absolute Gasteiger partial charge is 0.131 e. The molecular formula is C14H20FNO. The number of hydrogen-bond acceptors (Lipinski definition) is 2. The molecule has 1 atom stereocenters. The van der Waals surface area contributed by atoms with E-state index < -0.39 is 0 Å². The Kier molecular flexibility index (Phi) is 4.00. The minimum absolute atomic E-state index is 0.00935. The van der Waals surface area contributed by atoms with Crippen molar-refractivity contribution in [3.63, 3.8) is 0 Å². The van der Waals surface area contributed by atoms with Crippen LogP contribution >= 0.6 is 0 Å². The summed E-state index contributed by atoms with van der Waals surface area (Å²) in [4.78, 5) is 0. The molecular weight excluding hydrogens is 217 g/mol. The van der Waals surface area contributed by atoms with Crippen LogP contribution in [-0.4, -0.2) is 13.7 Å². The second-order valence-electron chi connectivity index (χ2n) is 4.76. The molecule has 0 amide bonds. The molecule has 1 fully saturated rings. The number of methoxy groups -OCH3 is 1. The van der Waals surface area contributed by atoms with Crippen LogP contribution in [-0.2, 0) is 0 Å². The van der Waals surface area contributed by atoms with Gasteiger partial charge in [-0.2, -0.15) is 0 Å². The fourth-order valence-corrected chi connectivity index (χ4v) is 2.13. The average Bonchev–Trinajstić information content (AvgIpc) is 3.12. The topological polar surface area (TPSA) is 21.3 Å². The summed E-state index contributed by atoms with van der Waals surface area (Å²) in [5.74, 6) is 1.32. The van der Waals surface area contributed by atoms with Crippen molar-refractivity contribution in [2.45, 2.75) is 32.2 Å². The maximum absolute atomic E-state index is 13.8. The lowest BCUT2D eigenvalue weighted by atomic mass is 10.1. The van der Waals surface area contributed by atoms with Crippen molar-refractivity contribution in [2.75, 3.05) is 13.7 Å². The lowest BCUT2D eigenvalue weighted by molar-refractivity contribution is 0.393. The molecule has 2 rings (SSSR count). The molecule has 1 N–H and O–H groups in total. The van der Waals surface area contributed by atoms with Crippen LogP contribution in [0.5, 0.6) is 5.75 Å². The highest BCUT2D eigenvalue weighted by Gasteiger charge is 2.21. The largest absolute Gasteiger partial charge is 0.496 e. The van der Waals surface area contributed by atoms with Crippen molar-refractivity contribution < 1.29 is 9.13 Å². The van der Waals surface area contributed by atoms with Gasteiger partial charge in [-0.1, -0.05) is 18.9 Å². The van der Waals surface area contributed by atoms with E-state index in [9.17, 15) is 4.39 Å². The molecule has 17 heavy (non-hydrogen) atoms. The van der Waals surface area contributed by atoms with E-state index in [1.165, 1.54) is 25.3 Å². The molecule has 0 aliphatic heterocycles. The molecule has 0 saturated heterocycles. The Morgan fingerprint density at radius 2 is 2.24 bits per heavy atom. The summed E-state index contributed by atoms with van der Waals surface area (Å²) in [5.41, 5.74) is 0.630. The zero-order valence-electron chi connectivity index (χ0n) is 10.5. The Morgan fingerprint density at radius 3 is 2.88 bits per heavy atom. The van der Waals surface area contributed by atoms with Gasteiger partial charge in [-0.25, -0.2) is 4.39 Å². The van der Waals surface area contributed by atoms with Crippen LogP contribution in [0.4, 0.5) is 4.39 Å². The molecule has 0 aromatic heterocycles. The Hall–Kier alpha value is -1.09. The first-order chi connectivity index (χ1) is 8.22. The van der Waals surface area contributed by atoms with Crippen molar-refractivity contribution in [1.29, 1.82) is 0 Å². The molecule has 1 aliphatic carbocycles. The Bertz CT molecular complexity index is 376. The second-order valence-corrected chi connectivity index (χ2v) is 4.76. The Balaban J connectivity index is 1.98. The third-order valence-electron chi connectivity index (χ3n) is 3.37. The van der Waals surface area contributed by atoms with Gasteiger partial charge in [-0.05, 0) is 37.9 Å². The van der Waals surface area contributed by atoms with E-state index in [-0.39, 0.29) is 11.9 Å². The molecule has 1 unspecified atom stereocenters. The highest BCUT2D eigenvalue weighted by Crippen LogP contribution is 2.32. The van der Waals surface area contributed by atoms with Gasteiger partial charge in [-0.3, -0.25) is 0 Å². The van der Waals surface area contributed by atoms with Crippen LogP contribution in [0.15, 0.2) is 18.2 Å². The van der Waals surface area contributed by atoms with E-state index in [1.54, 1.807) is 19.2 Å². The van der Waals surface area contributed by atoms with Crippen LogP contribution in [0.1, 0.15) is 37.8 Å². The van der Waals surface area contributed by atoms with Crippen LogP contribution in [0.25, 0.3) is 0 Å². The lowest BCUT2D eigenvalue weighted by Crippen LogP contribution is -2.21. The predicted molar refractivity (Wildman–Crippen MR) is 66.7 cm³/mol. The summed E-state index contributed by atoms with van der Waals surface area (Å²) < 4.78 is 19.0. The van der Waals surface area contributed by atoms with E-state index in [2.05, 4.69) is 5.32 Å². The summed E-state index contributed by atoms with van der Waals surface area (Å²) >= 11 is 0. The zero-order valence-corrected chi connectivity index (χ0v) is 10.5. The molecule has 1 aromatic carbocycles. The van der Waals surface area contributed by atoms with Gasteiger partial charge in [0.15, 0.2) is 0 Å². The van der Waals surface area contributed by atoms with Gasteiger partial charge in [0, 0.05) is 11.6 Å². The highest BCUT2D eigenvalue weighted by atomic mass is 19.1. The predicted octanol–water partition coefficient (Wildman–Crippen LogP) is 3.29. The van der Waals surface area contributed by atoms with Crippen LogP contribution in [0.3, 0.4) is 0 Å². The molecule has 0 heterocycles. The number of benzene rings is 1. The quantitative estimate of drug-likeness (QED) is 0.819. The van der Waals surface area contributed by atoms with Gasteiger partial charge in [0.05, 0.1) is 7.11 Å². The van der Waals surface area contributed by atoms with Gasteiger partial charge in [0.2, 0.25) is 0 Å². The molecule has 2 nitrogen and oxygen atoms in total. The van der Waals surface area contributed by atoms with Gasteiger partial charge < -0.3 is 10.1 Å². The lowest BCUT2D eigenvalue weighted by Gasteiger charge is -2.17. The van der Waals surface area contributed by atoms with Gasteiger partial charge in [-0.15, -0.1) is 0 Å². The molecule has 1 aliphatic rings. The van der Waals surface area contributed by atoms with Gasteiger partial charge in [0.25, 0.3) is 0 Å². The van der Waals surface area contributed by atoms with Gasteiger partial charge in [0.1, 0.15) is 11.6 Å². The molecule has 0 bridgehead atoms. The first-order valence-corrected chi connectivity index (χ1v) is 6.28. The normalized spacial score (nSPS) is 16.9. The standard InChI is InChI=1S/C14H20FNO/c1-10(16-9-8-11-6-7-11)14-12(15)4-3-5-13(14)17-2/h3-5,10-11,16H,6-9H2,1-2H3. The van der Waals surface area contributed by atoms with Crippen LogP contribution in [0, 0.1) is 11.7 Å². The van der Waals surface area contributed by atoms with Crippen LogP contribution < -0.4 is 10.1 Å². The first kappa shape index (κ1) is 12.4. The molecule has 94 valence electrons.